The molecular formula is C18H29N3O. The highest BCUT2D eigenvalue weighted by Gasteiger charge is 2.27. The Hall–Kier alpha value is -1.55. The first kappa shape index (κ1) is 16.8. The van der Waals surface area contributed by atoms with Crippen LogP contribution in [0.3, 0.4) is 0 Å². The van der Waals surface area contributed by atoms with Gasteiger partial charge in [0.2, 0.25) is 0 Å². The number of guanidine groups is 1. The molecule has 0 saturated carbocycles. The van der Waals surface area contributed by atoms with Gasteiger partial charge < -0.3 is 15.4 Å². The molecule has 1 fully saturated rings. The molecule has 1 aliphatic rings. The quantitative estimate of drug-likeness (QED) is 0.649. The first-order valence-electron chi connectivity index (χ1n) is 8.37. The zero-order chi connectivity index (χ0) is 15.8. The maximum absolute atomic E-state index is 6.06. The second kappa shape index (κ2) is 8.79. The van der Waals surface area contributed by atoms with E-state index >= 15 is 0 Å². The van der Waals surface area contributed by atoms with Gasteiger partial charge in [0.15, 0.2) is 5.96 Å². The number of hydrogen-bond donors (Lipinski definition) is 2. The smallest absolute Gasteiger partial charge is 0.190 e. The second-order valence-electron chi connectivity index (χ2n) is 5.98. The first-order chi connectivity index (χ1) is 10.7. The molecule has 0 aromatic heterocycles. The van der Waals surface area contributed by atoms with Crippen molar-refractivity contribution in [2.45, 2.75) is 39.2 Å². The van der Waals surface area contributed by atoms with E-state index in [4.69, 9.17) is 4.74 Å². The molecule has 2 rings (SSSR count). The van der Waals surface area contributed by atoms with Gasteiger partial charge in [-0.1, -0.05) is 36.8 Å². The maximum atomic E-state index is 6.06. The average molecular weight is 303 g/mol. The summed E-state index contributed by atoms with van der Waals surface area (Å²) in [5.74, 6) is 1.37. The third kappa shape index (κ3) is 4.73. The molecule has 1 heterocycles. The molecule has 122 valence electrons. The number of hydrogen-bond acceptors (Lipinski definition) is 2. The highest BCUT2D eigenvalue weighted by atomic mass is 16.5. The topological polar surface area (TPSA) is 45.7 Å². The number of nitrogens with one attached hydrogen (secondary N) is 2. The molecule has 1 aromatic carbocycles. The fourth-order valence-electron chi connectivity index (χ4n) is 2.87. The minimum Gasteiger partial charge on any atom is -0.373 e. The van der Waals surface area contributed by atoms with Crippen molar-refractivity contribution >= 4 is 5.96 Å². The second-order valence-corrected chi connectivity index (χ2v) is 5.98. The Bertz CT molecular complexity index is 470. The third-order valence-electron chi connectivity index (χ3n) is 4.15. The summed E-state index contributed by atoms with van der Waals surface area (Å²) >= 11 is 0. The zero-order valence-corrected chi connectivity index (χ0v) is 14.1. The monoisotopic (exact) mass is 303 g/mol. The summed E-state index contributed by atoms with van der Waals surface area (Å²) in [5, 5.41) is 6.76. The number of ether oxygens (including phenoxy) is 1. The lowest BCUT2D eigenvalue weighted by Crippen LogP contribution is -2.42. The largest absolute Gasteiger partial charge is 0.373 e. The number of aliphatic imine (C=N–C) groups is 1. The fourth-order valence-corrected chi connectivity index (χ4v) is 2.87. The Labute approximate surface area is 134 Å². The van der Waals surface area contributed by atoms with Crippen molar-refractivity contribution in [1.82, 2.24) is 10.6 Å². The maximum Gasteiger partial charge on any atom is 0.190 e. The van der Waals surface area contributed by atoms with Crippen LogP contribution in [0.4, 0.5) is 0 Å². The van der Waals surface area contributed by atoms with Crippen LogP contribution in [0.2, 0.25) is 0 Å². The van der Waals surface area contributed by atoms with Gasteiger partial charge in [0.1, 0.15) is 0 Å². The van der Waals surface area contributed by atoms with E-state index < -0.39 is 0 Å². The van der Waals surface area contributed by atoms with Crippen molar-refractivity contribution in [1.29, 1.82) is 0 Å². The van der Waals surface area contributed by atoms with Crippen LogP contribution in [0, 0.1) is 12.8 Å². The molecule has 2 unspecified atom stereocenters. The van der Waals surface area contributed by atoms with E-state index in [9.17, 15) is 0 Å². The Morgan fingerprint density at radius 3 is 2.73 bits per heavy atom. The molecule has 2 atom stereocenters. The van der Waals surface area contributed by atoms with Crippen LogP contribution in [0.5, 0.6) is 0 Å². The van der Waals surface area contributed by atoms with Gasteiger partial charge in [0, 0.05) is 32.7 Å². The predicted molar refractivity (Wildman–Crippen MR) is 92.3 cm³/mol. The van der Waals surface area contributed by atoms with Crippen molar-refractivity contribution in [3.05, 3.63) is 35.4 Å². The molecule has 0 bridgehead atoms. The van der Waals surface area contributed by atoms with E-state index in [1.54, 1.807) is 0 Å². The number of benzene rings is 1. The highest BCUT2D eigenvalue weighted by molar-refractivity contribution is 5.79. The third-order valence-corrected chi connectivity index (χ3v) is 4.15. The van der Waals surface area contributed by atoms with Crippen LogP contribution < -0.4 is 10.6 Å². The first-order valence-corrected chi connectivity index (χ1v) is 8.37. The van der Waals surface area contributed by atoms with Gasteiger partial charge in [0.25, 0.3) is 0 Å². The van der Waals surface area contributed by atoms with Crippen molar-refractivity contribution in [2.75, 3.05) is 26.7 Å². The summed E-state index contributed by atoms with van der Waals surface area (Å²) in [6.45, 7) is 6.97. The lowest BCUT2D eigenvalue weighted by molar-refractivity contribution is -0.0265. The molecule has 1 aromatic rings. The summed E-state index contributed by atoms with van der Waals surface area (Å²) < 4.78 is 6.06. The van der Waals surface area contributed by atoms with E-state index in [2.05, 4.69) is 53.7 Å². The van der Waals surface area contributed by atoms with Gasteiger partial charge in [-0.25, -0.2) is 0 Å². The van der Waals surface area contributed by atoms with Crippen molar-refractivity contribution in [2.24, 2.45) is 10.9 Å². The molecule has 2 N–H and O–H groups in total. The van der Waals surface area contributed by atoms with Gasteiger partial charge in [-0.15, -0.1) is 0 Å². The number of nitrogens with zero attached hydrogens (tertiary/aromatic N) is 1. The molecule has 0 amide bonds. The lowest BCUT2D eigenvalue weighted by Gasteiger charge is -2.32. The number of rotatable bonds is 5. The average Bonchev–Trinajstić information content (AvgIpc) is 2.56. The van der Waals surface area contributed by atoms with Crippen molar-refractivity contribution in [3.63, 3.8) is 0 Å². The Kier molecular flexibility index (Phi) is 6.72. The molecule has 4 nitrogen and oxygen atoms in total. The summed E-state index contributed by atoms with van der Waals surface area (Å²) in [5.41, 5.74) is 2.58. The molecule has 0 spiro atoms. The van der Waals surface area contributed by atoms with Crippen LogP contribution in [-0.2, 0) is 4.74 Å². The Morgan fingerprint density at radius 2 is 2.05 bits per heavy atom. The highest BCUT2D eigenvalue weighted by Crippen LogP contribution is 2.33. The van der Waals surface area contributed by atoms with E-state index in [0.717, 1.165) is 38.5 Å². The molecule has 0 aliphatic carbocycles. The van der Waals surface area contributed by atoms with Crippen LogP contribution in [0.25, 0.3) is 0 Å². The standard InChI is InChI=1S/C18H29N3O/c1-4-11-20-18(19-3)21-13-16-6-5-12-22-17(16)15-9-7-14(2)8-10-15/h7-10,16-17H,4-6,11-13H2,1-3H3,(H2,19,20,21). The van der Waals surface area contributed by atoms with Gasteiger partial charge in [-0.3, -0.25) is 4.99 Å². The van der Waals surface area contributed by atoms with Gasteiger partial charge in [0.05, 0.1) is 6.10 Å². The summed E-state index contributed by atoms with van der Waals surface area (Å²) in [4.78, 5) is 4.27. The molecule has 1 aliphatic heterocycles. The minimum absolute atomic E-state index is 0.186. The minimum atomic E-state index is 0.186. The van der Waals surface area contributed by atoms with Gasteiger partial charge in [-0.05, 0) is 31.7 Å². The van der Waals surface area contributed by atoms with E-state index in [1.165, 1.54) is 17.5 Å². The summed E-state index contributed by atoms with van der Waals surface area (Å²) in [6, 6.07) is 8.73. The van der Waals surface area contributed by atoms with E-state index in [-0.39, 0.29) is 6.10 Å². The van der Waals surface area contributed by atoms with Crippen molar-refractivity contribution in [3.8, 4) is 0 Å². The fraction of sp³-hybridized carbons (Fsp3) is 0.611. The molecule has 4 heteroatoms. The predicted octanol–water partition coefficient (Wildman–Crippen LogP) is 3.04. The number of aryl methyl sites for hydroxylation is 1. The normalized spacial score (nSPS) is 22.4. The van der Waals surface area contributed by atoms with Gasteiger partial charge >= 0.3 is 0 Å². The summed E-state index contributed by atoms with van der Waals surface area (Å²) in [6.07, 6.45) is 3.61. The van der Waals surface area contributed by atoms with Crippen LogP contribution in [0.1, 0.15) is 43.4 Å². The molecule has 0 radical (unpaired) electrons. The molecular weight excluding hydrogens is 274 g/mol. The van der Waals surface area contributed by atoms with Crippen LogP contribution in [0.15, 0.2) is 29.3 Å². The Morgan fingerprint density at radius 1 is 1.27 bits per heavy atom. The van der Waals surface area contributed by atoms with E-state index in [1.807, 2.05) is 7.05 Å². The van der Waals surface area contributed by atoms with Crippen LogP contribution in [-0.4, -0.2) is 32.7 Å². The lowest BCUT2D eigenvalue weighted by atomic mass is 9.89. The van der Waals surface area contributed by atoms with Gasteiger partial charge in [-0.2, -0.15) is 0 Å². The van der Waals surface area contributed by atoms with Crippen LogP contribution >= 0.6 is 0 Å². The SMILES string of the molecule is CCCNC(=NC)NCC1CCCOC1c1ccc(C)cc1. The summed E-state index contributed by atoms with van der Waals surface area (Å²) in [7, 11) is 1.82. The molecule has 22 heavy (non-hydrogen) atoms. The zero-order valence-electron chi connectivity index (χ0n) is 14.1. The van der Waals surface area contributed by atoms with E-state index in [0.29, 0.717) is 5.92 Å². The Balaban J connectivity index is 1.96. The molecule has 1 saturated heterocycles. The van der Waals surface area contributed by atoms with Crippen molar-refractivity contribution < 1.29 is 4.74 Å².